The minimum Gasteiger partial charge on any atom is -0.381 e. The molecule has 1 fully saturated rings. The summed E-state index contributed by atoms with van der Waals surface area (Å²) in [5.74, 6) is 0. The van der Waals surface area contributed by atoms with Gasteiger partial charge in [-0.2, -0.15) is 0 Å². The Labute approximate surface area is 292 Å². The average molecular weight is 647 g/mol. The van der Waals surface area contributed by atoms with E-state index in [1.807, 2.05) is 0 Å². The number of hydrogen-bond acceptors (Lipinski definition) is 2. The topological polar surface area (TPSA) is 18.5 Å². The van der Waals surface area contributed by atoms with Gasteiger partial charge in [0.1, 0.15) is 0 Å². The first-order valence-electron chi connectivity index (χ1n) is 18.5. The summed E-state index contributed by atoms with van der Waals surface area (Å²) in [6, 6.07) is 35.1. The second-order valence-corrected chi connectivity index (χ2v) is 16.0. The van der Waals surface area contributed by atoms with E-state index in [1.54, 1.807) is 0 Å². The summed E-state index contributed by atoms with van der Waals surface area (Å²) in [5.41, 5.74) is 10.9. The number of hydrogen-bond donors (Lipinski definition) is 0. The van der Waals surface area contributed by atoms with Crippen molar-refractivity contribution < 1.29 is 9.47 Å². The largest absolute Gasteiger partial charge is 0.381 e. The molecule has 0 N–H and O–H groups in total. The molecule has 0 radical (unpaired) electrons. The molecule has 1 aliphatic heterocycles. The number of allylic oxidation sites excluding steroid dienone is 1. The van der Waals surface area contributed by atoms with E-state index in [0.29, 0.717) is 0 Å². The molecule has 1 saturated heterocycles. The normalized spacial score (nSPS) is 18.2. The van der Waals surface area contributed by atoms with E-state index in [1.165, 1.54) is 76.8 Å². The van der Waals surface area contributed by atoms with E-state index in [-0.39, 0.29) is 16.2 Å². The third kappa shape index (κ3) is 5.14. The van der Waals surface area contributed by atoms with Gasteiger partial charge in [0.05, 0.1) is 19.8 Å². The average Bonchev–Trinajstić information content (AvgIpc) is 3.38. The van der Waals surface area contributed by atoms with Crippen LogP contribution in [-0.4, -0.2) is 26.4 Å². The van der Waals surface area contributed by atoms with E-state index in [2.05, 4.69) is 126 Å². The van der Waals surface area contributed by atoms with Crippen molar-refractivity contribution in [2.75, 3.05) is 26.4 Å². The summed E-state index contributed by atoms with van der Waals surface area (Å²) in [6.45, 7) is 19.5. The van der Waals surface area contributed by atoms with Gasteiger partial charge in [-0.15, -0.1) is 0 Å². The summed E-state index contributed by atoms with van der Waals surface area (Å²) < 4.78 is 11.8. The highest BCUT2D eigenvalue weighted by molar-refractivity contribution is 6.25. The Morgan fingerprint density at radius 2 is 1.45 bits per heavy atom. The number of benzene rings is 6. The molecular weight excluding hydrogens is 597 g/mol. The summed E-state index contributed by atoms with van der Waals surface area (Å²) in [4.78, 5) is 0. The van der Waals surface area contributed by atoms with E-state index in [4.69, 9.17) is 16.1 Å². The number of unbranched alkanes of at least 4 members (excludes halogenated alkanes) is 1. The molecule has 250 valence electrons. The summed E-state index contributed by atoms with van der Waals surface area (Å²) in [7, 11) is 0. The second kappa shape index (κ2) is 12.1. The van der Waals surface area contributed by atoms with Gasteiger partial charge < -0.3 is 9.47 Å². The fourth-order valence-corrected chi connectivity index (χ4v) is 8.83. The first-order chi connectivity index (χ1) is 23.7. The van der Waals surface area contributed by atoms with Crippen LogP contribution in [-0.2, 0) is 20.3 Å². The Morgan fingerprint density at radius 1 is 0.755 bits per heavy atom. The van der Waals surface area contributed by atoms with Crippen molar-refractivity contribution in [3.05, 3.63) is 120 Å². The summed E-state index contributed by atoms with van der Waals surface area (Å²) in [5, 5.41) is 8.04. The van der Waals surface area contributed by atoms with Crippen LogP contribution in [0.1, 0.15) is 83.4 Å². The number of fused-ring (bicyclic) bond motifs is 3. The lowest BCUT2D eigenvalue weighted by Crippen LogP contribution is -2.45. The smallest absolute Gasteiger partial charge is 0.0566 e. The van der Waals surface area contributed by atoms with Crippen molar-refractivity contribution in [1.29, 1.82) is 0 Å². The zero-order valence-electron chi connectivity index (χ0n) is 30.0. The van der Waals surface area contributed by atoms with Gasteiger partial charge >= 0.3 is 0 Å². The molecule has 49 heavy (non-hydrogen) atoms. The van der Waals surface area contributed by atoms with Crippen molar-refractivity contribution in [3.8, 4) is 22.3 Å². The van der Waals surface area contributed by atoms with Crippen molar-refractivity contribution in [2.24, 2.45) is 5.41 Å². The van der Waals surface area contributed by atoms with E-state index in [9.17, 15) is 0 Å². The molecule has 8 rings (SSSR count). The maximum absolute atomic E-state index is 6.24. The summed E-state index contributed by atoms with van der Waals surface area (Å²) in [6.07, 6.45) is 5.23. The van der Waals surface area contributed by atoms with Crippen molar-refractivity contribution in [2.45, 2.75) is 77.6 Å². The zero-order chi connectivity index (χ0) is 34.0. The molecule has 0 amide bonds. The van der Waals surface area contributed by atoms with E-state index < -0.39 is 0 Å². The van der Waals surface area contributed by atoms with Crippen LogP contribution in [0.3, 0.4) is 0 Å². The van der Waals surface area contributed by atoms with Crippen LogP contribution >= 0.6 is 0 Å². The van der Waals surface area contributed by atoms with E-state index >= 15 is 0 Å². The Hall–Kier alpha value is -3.98. The van der Waals surface area contributed by atoms with Crippen molar-refractivity contribution >= 4 is 32.3 Å². The summed E-state index contributed by atoms with van der Waals surface area (Å²) >= 11 is 0. The Kier molecular flexibility index (Phi) is 7.97. The van der Waals surface area contributed by atoms with Crippen LogP contribution in [0.2, 0.25) is 0 Å². The fraction of sp³-hybridized carbons (Fsp3) is 0.362. The van der Waals surface area contributed by atoms with Gasteiger partial charge in [-0.1, -0.05) is 132 Å². The van der Waals surface area contributed by atoms with Gasteiger partial charge in [-0.05, 0) is 115 Å². The first-order valence-corrected chi connectivity index (χ1v) is 18.5. The molecule has 0 saturated carbocycles. The molecule has 2 nitrogen and oxygen atoms in total. The highest BCUT2D eigenvalue weighted by atomic mass is 16.5. The Balaban J connectivity index is 1.19. The minimum atomic E-state index is -0.212. The lowest BCUT2D eigenvalue weighted by molar-refractivity contribution is -0.150. The third-order valence-electron chi connectivity index (χ3n) is 12.0. The van der Waals surface area contributed by atoms with Crippen LogP contribution in [0.5, 0.6) is 0 Å². The molecule has 2 aliphatic rings. The molecule has 0 spiro atoms. The first kappa shape index (κ1) is 32.2. The second-order valence-electron chi connectivity index (χ2n) is 16.0. The standard InChI is InChI=1S/C47H50O2/c1-7-31(3)47(23-11-12-24-48-28-46(8-2)29-49-30-46)41-14-10-9-13-38(41)39-21-18-33(27-42(39)47)37-20-17-32-15-16-34-25-36(45(4,5)6)26-35-19-22-40(37)44(32)43(34)35/h9-10,13-22,25-27H,3,7-8,11-12,23-24,28-30H2,1-2,4-6H3. The molecule has 0 aromatic heterocycles. The molecule has 1 atom stereocenters. The lowest BCUT2D eigenvalue weighted by atomic mass is 9.68. The Morgan fingerprint density at radius 3 is 2.16 bits per heavy atom. The van der Waals surface area contributed by atoms with Crippen LogP contribution in [0, 0.1) is 5.41 Å². The molecule has 6 aromatic carbocycles. The third-order valence-corrected chi connectivity index (χ3v) is 12.0. The van der Waals surface area contributed by atoms with Gasteiger partial charge in [0.15, 0.2) is 0 Å². The Bertz CT molecular complexity index is 2170. The number of ether oxygens (including phenoxy) is 2. The predicted octanol–water partition coefficient (Wildman–Crippen LogP) is 12.4. The van der Waals surface area contributed by atoms with Crippen LogP contribution in [0.25, 0.3) is 54.6 Å². The van der Waals surface area contributed by atoms with Crippen LogP contribution < -0.4 is 0 Å². The minimum absolute atomic E-state index is 0.100. The predicted molar refractivity (Wildman–Crippen MR) is 208 cm³/mol. The maximum atomic E-state index is 6.24. The van der Waals surface area contributed by atoms with Crippen molar-refractivity contribution in [1.82, 2.24) is 0 Å². The highest BCUT2D eigenvalue weighted by Gasteiger charge is 2.44. The van der Waals surface area contributed by atoms with Crippen LogP contribution in [0.15, 0.2) is 103 Å². The SMILES string of the molecule is C=C(CC)C1(CCCCOCC2(CC)COC2)c2ccccc2-c2ccc(-c3ccc4ccc5cc(C(C)(C)C)cc6ccc3c4c56)cc21. The van der Waals surface area contributed by atoms with Gasteiger partial charge in [0, 0.05) is 17.4 Å². The fourth-order valence-electron chi connectivity index (χ4n) is 8.83. The molecule has 0 bridgehead atoms. The van der Waals surface area contributed by atoms with Gasteiger partial charge in [-0.3, -0.25) is 0 Å². The molecular formula is C47H50O2. The van der Waals surface area contributed by atoms with Gasteiger partial charge in [0.25, 0.3) is 0 Å². The molecule has 1 aliphatic carbocycles. The maximum Gasteiger partial charge on any atom is 0.0566 e. The molecule has 6 aromatic rings. The highest BCUT2D eigenvalue weighted by Crippen LogP contribution is 2.56. The van der Waals surface area contributed by atoms with Gasteiger partial charge in [0.2, 0.25) is 0 Å². The number of rotatable bonds is 11. The van der Waals surface area contributed by atoms with Crippen LogP contribution in [0.4, 0.5) is 0 Å². The monoisotopic (exact) mass is 646 g/mol. The zero-order valence-corrected chi connectivity index (χ0v) is 30.0. The van der Waals surface area contributed by atoms with E-state index in [0.717, 1.165) is 58.5 Å². The van der Waals surface area contributed by atoms with Crippen molar-refractivity contribution in [3.63, 3.8) is 0 Å². The quantitative estimate of drug-likeness (QED) is 0.0792. The molecule has 2 heteroatoms. The molecule has 1 unspecified atom stereocenters. The molecule has 1 heterocycles. The van der Waals surface area contributed by atoms with Gasteiger partial charge in [-0.25, -0.2) is 0 Å². The lowest BCUT2D eigenvalue weighted by Gasteiger charge is -2.40.